The maximum atomic E-state index is 12.4. The average molecular weight is 312 g/mol. The van der Waals surface area contributed by atoms with Gasteiger partial charge in [-0.15, -0.1) is 12.4 Å². The van der Waals surface area contributed by atoms with Crippen molar-refractivity contribution in [2.45, 2.75) is 19.4 Å². The average Bonchev–Trinajstić information content (AvgIpc) is 2.49. The van der Waals surface area contributed by atoms with Crippen LogP contribution in [-0.4, -0.2) is 49.4 Å². The second-order valence-electron chi connectivity index (χ2n) is 5.83. The third-order valence-corrected chi connectivity index (χ3v) is 4.15. The number of hydrogen-bond acceptors (Lipinski definition) is 3. The van der Waals surface area contributed by atoms with Crippen LogP contribution in [-0.2, 0) is 6.54 Å². The van der Waals surface area contributed by atoms with Crippen molar-refractivity contribution < 1.29 is 4.79 Å². The minimum Gasteiger partial charge on any atom is -0.341 e. The van der Waals surface area contributed by atoms with Gasteiger partial charge in [0.15, 0.2) is 0 Å². The van der Waals surface area contributed by atoms with Crippen LogP contribution in [0.5, 0.6) is 0 Å². The summed E-state index contributed by atoms with van der Waals surface area (Å²) in [7, 11) is 4.06. The van der Waals surface area contributed by atoms with Crippen molar-refractivity contribution in [2.75, 3.05) is 33.7 Å². The second kappa shape index (κ2) is 8.37. The fourth-order valence-electron chi connectivity index (χ4n) is 2.72. The van der Waals surface area contributed by atoms with Crippen LogP contribution in [0.3, 0.4) is 0 Å². The Morgan fingerprint density at radius 1 is 1.29 bits per heavy atom. The number of likely N-dealkylation sites (tertiary alicyclic amines) is 1. The van der Waals surface area contributed by atoms with Gasteiger partial charge in [0.05, 0.1) is 0 Å². The Balaban J connectivity index is 0.00000220. The summed E-state index contributed by atoms with van der Waals surface area (Å²) in [6, 6.07) is 7.60. The molecule has 1 saturated heterocycles. The molecule has 0 bridgehead atoms. The zero-order chi connectivity index (χ0) is 14.5. The molecule has 4 nitrogen and oxygen atoms in total. The Morgan fingerprint density at radius 3 is 2.38 bits per heavy atom. The van der Waals surface area contributed by atoms with E-state index in [1.807, 2.05) is 36.2 Å². The molecular formula is C16H26ClN3O. The highest BCUT2D eigenvalue weighted by Crippen LogP contribution is 2.17. The Morgan fingerprint density at radius 2 is 1.86 bits per heavy atom. The van der Waals surface area contributed by atoms with Gasteiger partial charge in [-0.3, -0.25) is 4.79 Å². The third-order valence-electron chi connectivity index (χ3n) is 4.15. The molecule has 2 rings (SSSR count). The lowest BCUT2D eigenvalue weighted by atomic mass is 9.96. The first kappa shape index (κ1) is 18.0. The number of nitrogens with two attached hydrogens (primary N) is 1. The standard InChI is InChI=1S/C16H25N3O.ClH/c1-18-9-7-14(8-10-18)12-19(2)16(20)15-5-3-13(11-17)4-6-15;/h3-6,14H,7-12,17H2,1-2H3;1H. The maximum Gasteiger partial charge on any atom is 0.253 e. The van der Waals surface area contributed by atoms with Crippen LogP contribution in [0.1, 0.15) is 28.8 Å². The van der Waals surface area contributed by atoms with Gasteiger partial charge in [0.25, 0.3) is 5.91 Å². The molecule has 0 aliphatic carbocycles. The van der Waals surface area contributed by atoms with Crippen LogP contribution < -0.4 is 5.73 Å². The molecule has 21 heavy (non-hydrogen) atoms. The predicted molar refractivity (Wildman–Crippen MR) is 88.8 cm³/mol. The van der Waals surface area contributed by atoms with Crippen LogP contribution >= 0.6 is 12.4 Å². The van der Waals surface area contributed by atoms with Gasteiger partial charge in [-0.1, -0.05) is 12.1 Å². The van der Waals surface area contributed by atoms with Crippen molar-refractivity contribution >= 4 is 18.3 Å². The lowest BCUT2D eigenvalue weighted by molar-refractivity contribution is 0.0747. The topological polar surface area (TPSA) is 49.6 Å². The minimum atomic E-state index is 0. The molecule has 118 valence electrons. The van der Waals surface area contributed by atoms with E-state index in [1.165, 1.54) is 12.8 Å². The molecule has 1 aliphatic heterocycles. The van der Waals surface area contributed by atoms with Gasteiger partial charge in [-0.25, -0.2) is 0 Å². The number of hydrogen-bond donors (Lipinski definition) is 1. The molecule has 0 atom stereocenters. The fraction of sp³-hybridized carbons (Fsp3) is 0.562. The number of carbonyl (C=O) groups excluding carboxylic acids is 1. The number of piperidine rings is 1. The molecule has 1 fully saturated rings. The number of benzene rings is 1. The van der Waals surface area contributed by atoms with Crippen LogP contribution in [0, 0.1) is 5.92 Å². The highest BCUT2D eigenvalue weighted by molar-refractivity contribution is 5.94. The largest absolute Gasteiger partial charge is 0.341 e. The number of rotatable bonds is 4. The quantitative estimate of drug-likeness (QED) is 0.925. The highest BCUT2D eigenvalue weighted by atomic mass is 35.5. The summed E-state index contributed by atoms with van der Waals surface area (Å²) in [5.74, 6) is 0.732. The van der Waals surface area contributed by atoms with Crippen molar-refractivity contribution in [1.29, 1.82) is 0 Å². The van der Waals surface area contributed by atoms with E-state index in [0.29, 0.717) is 12.5 Å². The van der Waals surface area contributed by atoms with E-state index < -0.39 is 0 Å². The Hall–Kier alpha value is -1.10. The molecule has 0 aromatic heterocycles. The predicted octanol–water partition coefficient (Wildman–Crippen LogP) is 1.98. The summed E-state index contributed by atoms with van der Waals surface area (Å²) in [5.41, 5.74) is 7.37. The van der Waals surface area contributed by atoms with Gasteiger partial charge in [0.2, 0.25) is 0 Å². The fourth-order valence-corrected chi connectivity index (χ4v) is 2.72. The maximum absolute atomic E-state index is 12.4. The van der Waals surface area contributed by atoms with Crippen LogP contribution in [0.25, 0.3) is 0 Å². The van der Waals surface area contributed by atoms with Crippen molar-refractivity contribution in [3.8, 4) is 0 Å². The van der Waals surface area contributed by atoms with Gasteiger partial charge < -0.3 is 15.5 Å². The first-order chi connectivity index (χ1) is 9.60. The zero-order valence-corrected chi connectivity index (χ0v) is 13.7. The third kappa shape index (κ3) is 4.99. The molecule has 0 unspecified atom stereocenters. The van der Waals surface area contributed by atoms with Gasteiger partial charge in [0.1, 0.15) is 0 Å². The number of nitrogens with zero attached hydrogens (tertiary/aromatic N) is 2. The normalized spacial score (nSPS) is 16.3. The van der Waals surface area contributed by atoms with Crippen LogP contribution in [0.2, 0.25) is 0 Å². The molecule has 5 heteroatoms. The molecular weight excluding hydrogens is 286 g/mol. The lowest BCUT2D eigenvalue weighted by Gasteiger charge is -2.31. The van der Waals surface area contributed by atoms with Crippen LogP contribution in [0.4, 0.5) is 0 Å². The number of amides is 1. The summed E-state index contributed by atoms with van der Waals surface area (Å²) < 4.78 is 0. The first-order valence-corrected chi connectivity index (χ1v) is 7.33. The number of halogens is 1. The highest BCUT2D eigenvalue weighted by Gasteiger charge is 2.20. The molecule has 1 aromatic carbocycles. The number of carbonyl (C=O) groups is 1. The van der Waals surface area contributed by atoms with E-state index in [0.717, 1.165) is 30.8 Å². The van der Waals surface area contributed by atoms with E-state index in [4.69, 9.17) is 5.73 Å². The lowest BCUT2D eigenvalue weighted by Crippen LogP contribution is -2.37. The van der Waals surface area contributed by atoms with Crippen molar-refractivity contribution in [1.82, 2.24) is 9.80 Å². The van der Waals surface area contributed by atoms with Crippen molar-refractivity contribution in [2.24, 2.45) is 11.7 Å². The first-order valence-electron chi connectivity index (χ1n) is 7.33. The van der Waals surface area contributed by atoms with E-state index in [1.54, 1.807) is 0 Å². The summed E-state index contributed by atoms with van der Waals surface area (Å²) in [6.45, 7) is 3.64. The second-order valence-corrected chi connectivity index (χ2v) is 5.83. The molecule has 2 N–H and O–H groups in total. The summed E-state index contributed by atoms with van der Waals surface area (Å²) in [6.07, 6.45) is 2.36. The van der Waals surface area contributed by atoms with Crippen molar-refractivity contribution in [3.05, 3.63) is 35.4 Å². The Labute approximate surface area is 133 Å². The van der Waals surface area contributed by atoms with Crippen molar-refractivity contribution in [3.63, 3.8) is 0 Å². The zero-order valence-electron chi connectivity index (χ0n) is 12.9. The van der Waals surface area contributed by atoms with E-state index in [9.17, 15) is 4.79 Å². The van der Waals surface area contributed by atoms with E-state index >= 15 is 0 Å². The molecule has 1 aliphatic rings. The van der Waals surface area contributed by atoms with Gasteiger partial charge in [0, 0.05) is 25.7 Å². The SMILES string of the molecule is CN1CCC(CN(C)C(=O)c2ccc(CN)cc2)CC1.Cl. The van der Waals surface area contributed by atoms with E-state index in [-0.39, 0.29) is 18.3 Å². The Bertz CT molecular complexity index is 441. The molecule has 1 amide bonds. The summed E-state index contributed by atoms with van der Waals surface area (Å²) in [5, 5.41) is 0. The smallest absolute Gasteiger partial charge is 0.253 e. The molecule has 0 spiro atoms. The molecule has 0 saturated carbocycles. The molecule has 1 aromatic rings. The Kier molecular flexibility index (Phi) is 7.15. The molecule has 1 heterocycles. The molecule has 0 radical (unpaired) electrons. The minimum absolute atomic E-state index is 0. The van der Waals surface area contributed by atoms with Gasteiger partial charge in [-0.2, -0.15) is 0 Å². The van der Waals surface area contributed by atoms with Crippen LogP contribution in [0.15, 0.2) is 24.3 Å². The van der Waals surface area contributed by atoms with Gasteiger partial charge in [-0.05, 0) is 56.6 Å². The monoisotopic (exact) mass is 311 g/mol. The van der Waals surface area contributed by atoms with E-state index in [2.05, 4.69) is 11.9 Å². The van der Waals surface area contributed by atoms with Gasteiger partial charge >= 0.3 is 0 Å². The summed E-state index contributed by atoms with van der Waals surface area (Å²) >= 11 is 0. The summed E-state index contributed by atoms with van der Waals surface area (Å²) in [4.78, 5) is 16.6.